The Hall–Kier alpha value is -1.60. The largest absolute Gasteiger partial charge is 0.480 e. The van der Waals surface area contributed by atoms with Crippen LogP contribution < -0.4 is 0 Å². The highest BCUT2D eigenvalue weighted by Crippen LogP contribution is 2.26. The van der Waals surface area contributed by atoms with E-state index in [0.29, 0.717) is 4.57 Å². The molecule has 13 heavy (non-hydrogen) atoms. The molecule has 1 aromatic heterocycles. The van der Waals surface area contributed by atoms with Gasteiger partial charge in [-0.05, 0) is 0 Å². The monoisotopic (exact) mass is 195 g/mol. The normalized spacial score (nSPS) is 11.6. The van der Waals surface area contributed by atoms with E-state index in [1.807, 2.05) is 0 Å². The van der Waals surface area contributed by atoms with E-state index in [1.165, 1.54) is 0 Å². The lowest BCUT2D eigenvalue weighted by molar-refractivity contribution is -0.149. The smallest absolute Gasteiger partial charge is 0.451 e. The Kier molecular flexibility index (Phi) is 2.22. The molecule has 0 aliphatic heterocycles. The maximum Gasteiger partial charge on any atom is 0.451 e. The van der Waals surface area contributed by atoms with E-state index < -0.39 is 24.5 Å². The van der Waals surface area contributed by atoms with Crippen LogP contribution in [0.3, 0.4) is 0 Å². The van der Waals surface area contributed by atoms with Crippen LogP contribution in [0.1, 0.15) is 5.82 Å². The quantitative estimate of drug-likeness (QED) is 0.740. The Balaban J connectivity index is 2.96. The summed E-state index contributed by atoms with van der Waals surface area (Å²) in [5, 5.41) is 14.0. The summed E-state index contributed by atoms with van der Waals surface area (Å²) in [5.74, 6) is -2.69. The fraction of sp³-hybridized carbons (Fsp3) is 0.400. The number of aromatic nitrogens is 3. The van der Waals surface area contributed by atoms with Gasteiger partial charge < -0.3 is 5.11 Å². The van der Waals surface area contributed by atoms with E-state index in [0.717, 1.165) is 6.33 Å². The highest BCUT2D eigenvalue weighted by Gasteiger charge is 2.37. The average Bonchev–Trinajstić information content (AvgIpc) is 2.31. The standard InChI is InChI=1S/C5H4F3N3O2/c6-5(7,8)4-10-9-2-11(4)1-3(12)13/h2H,1H2,(H,12,13). The zero-order chi connectivity index (χ0) is 10.1. The van der Waals surface area contributed by atoms with E-state index in [4.69, 9.17) is 5.11 Å². The van der Waals surface area contributed by atoms with Crippen LogP contribution >= 0.6 is 0 Å². The van der Waals surface area contributed by atoms with Crippen molar-refractivity contribution < 1.29 is 23.1 Å². The molecule has 0 aliphatic rings. The molecule has 5 nitrogen and oxygen atoms in total. The molecule has 1 rings (SSSR count). The number of hydrogen-bond acceptors (Lipinski definition) is 3. The molecule has 0 aromatic carbocycles. The SMILES string of the molecule is O=C(O)Cn1cnnc1C(F)(F)F. The van der Waals surface area contributed by atoms with Gasteiger partial charge in [0.2, 0.25) is 5.82 Å². The third-order valence-corrected chi connectivity index (χ3v) is 1.17. The molecule has 0 atom stereocenters. The summed E-state index contributed by atoms with van der Waals surface area (Å²) >= 11 is 0. The van der Waals surface area contributed by atoms with Crippen LogP contribution in [0.15, 0.2) is 6.33 Å². The van der Waals surface area contributed by atoms with Crippen LogP contribution in [-0.4, -0.2) is 25.8 Å². The number of carbonyl (C=O) groups is 1. The summed E-state index contributed by atoms with van der Waals surface area (Å²) in [6, 6.07) is 0. The van der Waals surface area contributed by atoms with Crippen LogP contribution in [0.2, 0.25) is 0 Å². The van der Waals surface area contributed by atoms with Gasteiger partial charge in [-0.15, -0.1) is 10.2 Å². The lowest BCUT2D eigenvalue weighted by Crippen LogP contribution is -2.18. The van der Waals surface area contributed by atoms with Crippen molar-refractivity contribution in [1.82, 2.24) is 14.8 Å². The van der Waals surface area contributed by atoms with Crippen LogP contribution in [0, 0.1) is 0 Å². The minimum atomic E-state index is -4.67. The Morgan fingerprint density at radius 2 is 2.23 bits per heavy atom. The molecule has 0 saturated carbocycles. The Labute approximate surface area is 69.8 Å². The molecule has 0 fully saturated rings. The fourth-order valence-electron chi connectivity index (χ4n) is 0.736. The van der Waals surface area contributed by atoms with Gasteiger partial charge >= 0.3 is 12.1 Å². The Bertz CT molecular complexity index is 319. The summed E-state index contributed by atoms with van der Waals surface area (Å²) < 4.78 is 36.5. The van der Waals surface area contributed by atoms with Crippen LogP contribution in [-0.2, 0) is 17.5 Å². The molecule has 1 N–H and O–H groups in total. The minimum absolute atomic E-state index is 0.419. The van der Waals surface area contributed by atoms with Gasteiger partial charge in [0.15, 0.2) is 0 Å². The maximum atomic E-state index is 12.0. The number of hydrogen-bond donors (Lipinski definition) is 1. The number of nitrogens with zero attached hydrogens (tertiary/aromatic N) is 3. The lowest BCUT2D eigenvalue weighted by Gasteiger charge is -2.05. The highest BCUT2D eigenvalue weighted by molar-refractivity contribution is 5.66. The van der Waals surface area contributed by atoms with Crippen molar-refractivity contribution in [2.24, 2.45) is 0 Å². The maximum absolute atomic E-state index is 12.0. The van der Waals surface area contributed by atoms with E-state index in [9.17, 15) is 18.0 Å². The van der Waals surface area contributed by atoms with Crippen molar-refractivity contribution in [3.05, 3.63) is 12.2 Å². The summed E-state index contributed by atoms with van der Waals surface area (Å²) in [7, 11) is 0. The predicted molar refractivity (Wildman–Crippen MR) is 32.7 cm³/mol. The van der Waals surface area contributed by atoms with Gasteiger partial charge in [0.25, 0.3) is 0 Å². The van der Waals surface area contributed by atoms with E-state index in [-0.39, 0.29) is 0 Å². The topological polar surface area (TPSA) is 68.0 Å². The molecule has 0 aliphatic carbocycles. The first-order chi connectivity index (χ1) is 5.91. The number of rotatable bonds is 2. The molecular weight excluding hydrogens is 191 g/mol. The van der Waals surface area contributed by atoms with E-state index >= 15 is 0 Å². The molecule has 0 spiro atoms. The number of alkyl halides is 3. The van der Waals surface area contributed by atoms with E-state index in [1.54, 1.807) is 0 Å². The van der Waals surface area contributed by atoms with Crippen molar-refractivity contribution >= 4 is 5.97 Å². The zero-order valence-electron chi connectivity index (χ0n) is 6.12. The predicted octanol–water partition coefficient (Wildman–Crippen LogP) is 0.382. The van der Waals surface area contributed by atoms with Gasteiger partial charge in [0, 0.05) is 0 Å². The second-order valence-corrected chi connectivity index (χ2v) is 2.17. The fourth-order valence-corrected chi connectivity index (χ4v) is 0.736. The first kappa shape index (κ1) is 9.49. The van der Waals surface area contributed by atoms with Crippen molar-refractivity contribution in [2.75, 3.05) is 0 Å². The minimum Gasteiger partial charge on any atom is -0.480 e. The van der Waals surface area contributed by atoms with Crippen molar-refractivity contribution in [1.29, 1.82) is 0 Å². The number of aliphatic carboxylic acids is 1. The van der Waals surface area contributed by atoms with Gasteiger partial charge in [-0.25, -0.2) is 0 Å². The molecule has 0 amide bonds. The van der Waals surface area contributed by atoms with Gasteiger partial charge in [-0.1, -0.05) is 0 Å². The lowest BCUT2D eigenvalue weighted by atomic mass is 10.5. The molecule has 0 bridgehead atoms. The summed E-state index contributed by atoms with van der Waals surface area (Å²) in [6.45, 7) is -0.804. The van der Waals surface area contributed by atoms with Gasteiger partial charge in [-0.2, -0.15) is 13.2 Å². The van der Waals surface area contributed by atoms with E-state index in [2.05, 4.69) is 10.2 Å². The second kappa shape index (κ2) is 3.04. The molecule has 1 aromatic rings. The summed E-state index contributed by atoms with van der Waals surface area (Å²) in [6.07, 6.45) is -3.96. The first-order valence-corrected chi connectivity index (χ1v) is 3.08. The van der Waals surface area contributed by atoms with Crippen molar-refractivity contribution in [3.8, 4) is 0 Å². The van der Waals surface area contributed by atoms with Gasteiger partial charge in [-0.3, -0.25) is 9.36 Å². The Morgan fingerprint density at radius 3 is 2.69 bits per heavy atom. The van der Waals surface area contributed by atoms with Gasteiger partial charge in [0.05, 0.1) is 0 Å². The van der Waals surface area contributed by atoms with Crippen molar-refractivity contribution in [2.45, 2.75) is 12.7 Å². The van der Waals surface area contributed by atoms with Crippen LogP contribution in [0.4, 0.5) is 13.2 Å². The second-order valence-electron chi connectivity index (χ2n) is 2.17. The number of carboxylic acid groups (broad SMARTS) is 1. The third-order valence-electron chi connectivity index (χ3n) is 1.17. The van der Waals surface area contributed by atoms with Crippen molar-refractivity contribution in [3.63, 3.8) is 0 Å². The average molecular weight is 195 g/mol. The molecule has 1 heterocycles. The third kappa shape index (κ3) is 2.17. The molecule has 72 valence electrons. The van der Waals surface area contributed by atoms with Crippen LogP contribution in [0.5, 0.6) is 0 Å². The molecule has 0 radical (unpaired) electrons. The molecule has 8 heteroatoms. The van der Waals surface area contributed by atoms with Gasteiger partial charge in [0.1, 0.15) is 12.9 Å². The first-order valence-electron chi connectivity index (χ1n) is 3.08. The number of carboxylic acids is 1. The number of halogens is 3. The molecule has 0 saturated heterocycles. The summed E-state index contributed by atoms with van der Waals surface area (Å²) in [4.78, 5) is 10.1. The highest BCUT2D eigenvalue weighted by atomic mass is 19.4. The Morgan fingerprint density at radius 1 is 1.62 bits per heavy atom. The molecular formula is C5H4F3N3O2. The molecule has 0 unspecified atom stereocenters. The van der Waals surface area contributed by atoms with Crippen LogP contribution in [0.25, 0.3) is 0 Å². The zero-order valence-corrected chi connectivity index (χ0v) is 6.12. The summed E-state index contributed by atoms with van der Waals surface area (Å²) in [5.41, 5.74) is 0.